The number of anilines is 1. The number of nitro groups is 1. The number of nitro benzene ring substituents is 1. The summed E-state index contributed by atoms with van der Waals surface area (Å²) in [7, 11) is 0. The molecule has 0 aliphatic carbocycles. The summed E-state index contributed by atoms with van der Waals surface area (Å²) in [6, 6.07) is 12.6. The minimum Gasteiger partial charge on any atom is -0.506 e. The van der Waals surface area contributed by atoms with Crippen molar-refractivity contribution in [2.24, 2.45) is 0 Å². The lowest BCUT2D eigenvalue weighted by molar-refractivity contribution is -0.384. The van der Waals surface area contributed by atoms with Gasteiger partial charge in [0.2, 0.25) is 0 Å². The summed E-state index contributed by atoms with van der Waals surface area (Å²) in [5.41, 5.74) is 7.10. The van der Waals surface area contributed by atoms with Crippen molar-refractivity contribution >= 4 is 58.0 Å². The monoisotopic (exact) mass is 422 g/mol. The predicted molar refractivity (Wildman–Crippen MR) is 112 cm³/mol. The van der Waals surface area contributed by atoms with Crippen LogP contribution in [0.2, 0.25) is 0 Å². The van der Waals surface area contributed by atoms with E-state index in [-0.39, 0.29) is 42.0 Å². The van der Waals surface area contributed by atoms with Crippen LogP contribution in [0.15, 0.2) is 60.9 Å². The average molecular weight is 423 g/mol. The van der Waals surface area contributed by atoms with Gasteiger partial charge in [0.05, 0.1) is 11.0 Å². The molecule has 0 aliphatic rings. The molecule has 0 fully saturated rings. The zero-order valence-corrected chi connectivity index (χ0v) is 15.9. The van der Waals surface area contributed by atoms with Crippen molar-refractivity contribution in [1.82, 2.24) is 9.97 Å². The summed E-state index contributed by atoms with van der Waals surface area (Å²) in [6.07, 6.45) is 3.15. The molecule has 28 heavy (non-hydrogen) atoms. The Morgan fingerprint density at radius 1 is 0.893 bits per heavy atom. The van der Waals surface area contributed by atoms with E-state index in [0.29, 0.717) is 22.1 Å². The summed E-state index contributed by atoms with van der Waals surface area (Å²) in [5.74, 6) is -0.00500. The van der Waals surface area contributed by atoms with Gasteiger partial charge in [0.1, 0.15) is 22.5 Å². The Hall–Kier alpha value is -3.36. The molecule has 0 unspecified atom stereocenters. The van der Waals surface area contributed by atoms with Crippen LogP contribution in [-0.2, 0) is 0 Å². The summed E-state index contributed by atoms with van der Waals surface area (Å²) in [6.45, 7) is 0. The third-order valence-electron chi connectivity index (χ3n) is 3.66. The fraction of sp³-hybridized carbons (Fsp3) is 0. The third-order valence-corrected chi connectivity index (χ3v) is 3.66. The van der Waals surface area contributed by atoms with Gasteiger partial charge in [-0.1, -0.05) is 6.07 Å². The summed E-state index contributed by atoms with van der Waals surface area (Å²) in [5, 5.41) is 30.6. The molecule has 10 heteroatoms. The van der Waals surface area contributed by atoms with Crippen molar-refractivity contribution in [2.45, 2.75) is 0 Å². The first-order chi connectivity index (χ1) is 12.5. The lowest BCUT2D eigenvalue weighted by Gasteiger charge is -2.01. The maximum absolute atomic E-state index is 10.5. The van der Waals surface area contributed by atoms with Gasteiger partial charge in [-0.2, -0.15) is 0 Å². The van der Waals surface area contributed by atoms with Gasteiger partial charge in [-0.05, 0) is 30.3 Å². The molecule has 0 atom stereocenters. The first-order valence-electron chi connectivity index (χ1n) is 7.51. The zero-order chi connectivity index (χ0) is 18.7. The van der Waals surface area contributed by atoms with Gasteiger partial charge in [0.25, 0.3) is 5.69 Å². The topological polar surface area (TPSA) is 135 Å². The fourth-order valence-electron chi connectivity index (χ4n) is 2.44. The minimum atomic E-state index is -0.549. The van der Waals surface area contributed by atoms with Crippen molar-refractivity contribution in [1.29, 1.82) is 0 Å². The van der Waals surface area contributed by atoms with Gasteiger partial charge < -0.3 is 15.9 Å². The van der Waals surface area contributed by atoms with Gasteiger partial charge in [-0.15, -0.1) is 24.8 Å². The molecule has 2 aromatic heterocycles. The number of nitrogens with zero attached hydrogens (tertiary/aromatic N) is 3. The lowest BCUT2D eigenvalue weighted by Crippen LogP contribution is -1.88. The number of nitrogens with two attached hydrogens (primary N) is 1. The number of pyridine rings is 2. The van der Waals surface area contributed by atoms with E-state index in [0.717, 1.165) is 11.5 Å². The second kappa shape index (κ2) is 9.54. The molecule has 0 spiro atoms. The van der Waals surface area contributed by atoms with Crippen LogP contribution in [0.5, 0.6) is 11.5 Å². The smallest absolute Gasteiger partial charge is 0.273 e. The molecule has 0 radical (unpaired) electrons. The molecule has 0 saturated heterocycles. The number of hydrogen-bond donors (Lipinski definition) is 3. The number of benzene rings is 2. The second-order valence-corrected chi connectivity index (χ2v) is 5.37. The quantitative estimate of drug-likeness (QED) is 0.181. The zero-order valence-electron chi connectivity index (χ0n) is 14.2. The van der Waals surface area contributed by atoms with E-state index in [2.05, 4.69) is 9.97 Å². The van der Waals surface area contributed by atoms with Crippen LogP contribution >= 0.6 is 24.8 Å². The first kappa shape index (κ1) is 22.7. The molecule has 146 valence electrons. The lowest BCUT2D eigenvalue weighted by atomic mass is 10.2. The standard InChI is InChI=1S/C9H6N2O3.C9H8N2O.2ClH/c12-8-5-7(11(13)14)4-6-2-1-3-10-9(6)8;10-7-3-4-8(12)9-6(7)2-1-5-11-9;;/h1-5,12H;1-5,12H,10H2;2*1H. The van der Waals surface area contributed by atoms with Gasteiger partial charge in [-0.3, -0.25) is 20.1 Å². The molecule has 4 rings (SSSR count). The van der Waals surface area contributed by atoms with Gasteiger partial charge >= 0.3 is 0 Å². The summed E-state index contributed by atoms with van der Waals surface area (Å²) in [4.78, 5) is 17.8. The van der Waals surface area contributed by atoms with Crippen LogP contribution in [0.25, 0.3) is 21.8 Å². The molecule has 0 amide bonds. The van der Waals surface area contributed by atoms with Gasteiger partial charge in [0.15, 0.2) is 0 Å². The van der Waals surface area contributed by atoms with Crippen LogP contribution in [0.4, 0.5) is 11.4 Å². The predicted octanol–water partition coefficient (Wildman–Crippen LogP) is 4.21. The highest BCUT2D eigenvalue weighted by atomic mass is 35.5. The molecule has 4 N–H and O–H groups in total. The molecule has 4 aromatic rings. The Morgan fingerprint density at radius 3 is 2.18 bits per heavy atom. The number of aromatic hydroxyl groups is 2. The Bertz CT molecular complexity index is 1080. The van der Waals surface area contributed by atoms with Gasteiger partial charge in [-0.25, -0.2) is 0 Å². The number of phenols is 2. The second-order valence-electron chi connectivity index (χ2n) is 5.37. The SMILES string of the molecule is Cl.Cl.Nc1ccc(O)c2ncccc12.O=[N+]([O-])c1cc(O)c2ncccc2c1. The normalized spacial score (nSPS) is 9.57. The van der Waals surface area contributed by atoms with Gasteiger partial charge in [0, 0.05) is 34.9 Å². The van der Waals surface area contributed by atoms with E-state index in [9.17, 15) is 20.3 Å². The van der Waals surface area contributed by atoms with Crippen LogP contribution in [0.3, 0.4) is 0 Å². The van der Waals surface area contributed by atoms with E-state index in [1.54, 1.807) is 36.5 Å². The number of non-ortho nitro benzene ring substituents is 1. The Kier molecular flexibility index (Phi) is 7.73. The van der Waals surface area contributed by atoms with E-state index in [1.165, 1.54) is 12.3 Å². The Labute approximate surface area is 171 Å². The number of hydrogen-bond acceptors (Lipinski definition) is 7. The molecular formula is C18H16Cl2N4O4. The molecule has 2 heterocycles. The maximum Gasteiger partial charge on any atom is 0.273 e. The van der Waals surface area contributed by atoms with E-state index in [1.807, 2.05) is 6.07 Å². The van der Waals surface area contributed by atoms with Crippen molar-refractivity contribution < 1.29 is 15.1 Å². The number of phenolic OH excluding ortho intramolecular Hbond substituents is 2. The molecule has 8 nitrogen and oxygen atoms in total. The molecule has 0 saturated carbocycles. The van der Waals surface area contributed by atoms with Crippen LogP contribution < -0.4 is 5.73 Å². The maximum atomic E-state index is 10.5. The number of nitrogen functional groups attached to an aromatic ring is 1. The molecule has 2 aromatic carbocycles. The molecular weight excluding hydrogens is 407 g/mol. The molecule has 0 bridgehead atoms. The van der Waals surface area contributed by atoms with Crippen LogP contribution in [-0.4, -0.2) is 25.1 Å². The van der Waals surface area contributed by atoms with E-state index >= 15 is 0 Å². The van der Waals surface area contributed by atoms with Crippen molar-refractivity contribution in [3.8, 4) is 11.5 Å². The van der Waals surface area contributed by atoms with Crippen molar-refractivity contribution in [2.75, 3.05) is 5.73 Å². The molecule has 0 aliphatic heterocycles. The first-order valence-corrected chi connectivity index (χ1v) is 7.51. The minimum absolute atomic E-state index is 0. The van der Waals surface area contributed by atoms with Crippen LogP contribution in [0.1, 0.15) is 0 Å². The summed E-state index contributed by atoms with van der Waals surface area (Å²) >= 11 is 0. The van der Waals surface area contributed by atoms with E-state index < -0.39 is 4.92 Å². The number of fused-ring (bicyclic) bond motifs is 2. The average Bonchev–Trinajstić information content (AvgIpc) is 2.65. The highest BCUT2D eigenvalue weighted by Crippen LogP contribution is 2.28. The highest BCUT2D eigenvalue weighted by molar-refractivity contribution is 5.93. The van der Waals surface area contributed by atoms with Crippen LogP contribution in [0, 0.1) is 10.1 Å². The largest absolute Gasteiger partial charge is 0.506 e. The highest BCUT2D eigenvalue weighted by Gasteiger charge is 2.10. The number of rotatable bonds is 1. The summed E-state index contributed by atoms with van der Waals surface area (Å²) < 4.78 is 0. The number of aromatic nitrogens is 2. The number of halogens is 2. The Morgan fingerprint density at radius 2 is 1.54 bits per heavy atom. The third kappa shape index (κ3) is 4.67. The van der Waals surface area contributed by atoms with Crippen molar-refractivity contribution in [3.05, 3.63) is 71.0 Å². The van der Waals surface area contributed by atoms with Crippen molar-refractivity contribution in [3.63, 3.8) is 0 Å². The Balaban J connectivity index is 0.000000264. The fourth-order valence-corrected chi connectivity index (χ4v) is 2.44. The van der Waals surface area contributed by atoms with E-state index in [4.69, 9.17) is 5.73 Å².